The van der Waals surface area contributed by atoms with Gasteiger partial charge in [-0.25, -0.2) is 4.79 Å². The van der Waals surface area contributed by atoms with E-state index in [1.165, 1.54) is 0 Å². The van der Waals surface area contributed by atoms with Crippen molar-refractivity contribution in [2.45, 2.75) is 0 Å². The topological polar surface area (TPSA) is 75.0 Å². The molecule has 5 rings (SSSR count). The third-order valence-corrected chi connectivity index (χ3v) is 4.41. The molecule has 0 atom stereocenters. The van der Waals surface area contributed by atoms with E-state index in [1.54, 1.807) is 0 Å². The van der Waals surface area contributed by atoms with Crippen LogP contribution in [0, 0.1) is 0 Å². The second-order valence-corrected chi connectivity index (χ2v) is 5.96. The Bertz CT molecular complexity index is 1140. The molecular weight excluding hydrogens is 316 g/mol. The van der Waals surface area contributed by atoms with Crippen LogP contribution in [0.3, 0.4) is 0 Å². The van der Waals surface area contributed by atoms with Crippen LogP contribution in [-0.2, 0) is 14.3 Å². The Kier molecular flexibility index (Phi) is 2.73. The molecule has 0 amide bonds. The van der Waals surface area contributed by atoms with E-state index in [0.717, 1.165) is 21.8 Å². The van der Waals surface area contributed by atoms with Crippen LogP contribution in [0.4, 0.5) is 0 Å². The van der Waals surface area contributed by atoms with Crippen molar-refractivity contribution in [3.63, 3.8) is 0 Å². The number of benzene rings is 2. The molecule has 3 heterocycles. The van der Waals surface area contributed by atoms with Crippen molar-refractivity contribution >= 4 is 44.9 Å². The quantitative estimate of drug-likeness (QED) is 0.436. The average molecular weight is 328 g/mol. The van der Waals surface area contributed by atoms with E-state index in [2.05, 4.69) is 9.97 Å². The molecule has 2 aromatic heterocycles. The molecule has 1 aliphatic heterocycles. The molecule has 0 saturated heterocycles. The maximum Gasteiger partial charge on any atom is 0.385 e. The molecule has 5 heteroatoms. The first-order valence-electron chi connectivity index (χ1n) is 7.88. The highest BCUT2D eigenvalue weighted by molar-refractivity contribution is 6.57. The van der Waals surface area contributed by atoms with Crippen LogP contribution >= 0.6 is 0 Å². The smallest absolute Gasteiger partial charge is 0.385 e. The molecule has 0 unspecified atom stereocenters. The van der Waals surface area contributed by atoms with Crippen LogP contribution in [-0.4, -0.2) is 21.7 Å². The third kappa shape index (κ3) is 2.03. The fourth-order valence-corrected chi connectivity index (χ4v) is 3.23. The Morgan fingerprint density at radius 2 is 1.28 bits per heavy atom. The van der Waals surface area contributed by atoms with Crippen LogP contribution in [0.5, 0.6) is 0 Å². The Morgan fingerprint density at radius 1 is 0.720 bits per heavy atom. The Hall–Kier alpha value is -3.60. The highest BCUT2D eigenvalue weighted by Crippen LogP contribution is 2.35. The van der Waals surface area contributed by atoms with Gasteiger partial charge in [-0.05, 0) is 24.3 Å². The zero-order valence-electron chi connectivity index (χ0n) is 13.0. The first-order chi connectivity index (χ1) is 12.2. The summed E-state index contributed by atoms with van der Waals surface area (Å²) in [5, 5.41) is 1.95. The van der Waals surface area contributed by atoms with Gasteiger partial charge < -0.3 is 14.7 Å². The summed E-state index contributed by atoms with van der Waals surface area (Å²) < 4.78 is 5.29. The second kappa shape index (κ2) is 4.95. The van der Waals surface area contributed by atoms with Gasteiger partial charge in [0, 0.05) is 21.8 Å². The van der Waals surface area contributed by atoms with Gasteiger partial charge in [0.2, 0.25) is 0 Å². The van der Waals surface area contributed by atoms with Crippen LogP contribution in [0.25, 0.3) is 33.1 Å². The molecule has 0 radical (unpaired) electrons. The van der Waals surface area contributed by atoms with Crippen LogP contribution < -0.4 is 0 Å². The summed E-state index contributed by atoms with van der Waals surface area (Å²) in [5.41, 5.74) is 3.25. The molecule has 5 nitrogen and oxygen atoms in total. The van der Waals surface area contributed by atoms with E-state index in [4.69, 9.17) is 4.74 Å². The molecule has 0 bridgehead atoms. The van der Waals surface area contributed by atoms with Gasteiger partial charge in [-0.15, -0.1) is 0 Å². The van der Waals surface area contributed by atoms with E-state index in [0.29, 0.717) is 11.4 Å². The minimum Gasteiger partial charge on any atom is -0.417 e. The van der Waals surface area contributed by atoms with Gasteiger partial charge in [-0.1, -0.05) is 36.4 Å². The zero-order valence-corrected chi connectivity index (χ0v) is 13.0. The Balaban J connectivity index is 1.75. The number of hydrogen-bond donors (Lipinski definition) is 2. The Labute approximate surface area is 141 Å². The number of hydrogen-bond acceptors (Lipinski definition) is 3. The number of rotatable bonds is 2. The fourth-order valence-electron chi connectivity index (χ4n) is 3.23. The number of fused-ring (bicyclic) bond motifs is 2. The van der Waals surface area contributed by atoms with Gasteiger partial charge in [0.1, 0.15) is 0 Å². The average Bonchev–Trinajstić information content (AvgIpc) is 3.30. The zero-order chi connectivity index (χ0) is 17.0. The molecule has 0 saturated carbocycles. The lowest BCUT2D eigenvalue weighted by atomic mass is 10.1. The highest BCUT2D eigenvalue weighted by Gasteiger charge is 2.37. The van der Waals surface area contributed by atoms with Crippen LogP contribution in [0.15, 0.2) is 60.7 Å². The number of H-pyrrole nitrogens is 2. The Morgan fingerprint density at radius 3 is 1.92 bits per heavy atom. The number of Topliss-reactive ketones (excluding diaryl/α,β-unsaturated/α-hetero) is 1. The van der Waals surface area contributed by atoms with E-state index in [1.807, 2.05) is 60.7 Å². The number of aromatic amines is 2. The first kappa shape index (κ1) is 13.8. The molecular formula is C20H12N2O3. The monoisotopic (exact) mass is 328 g/mol. The van der Waals surface area contributed by atoms with Crippen molar-refractivity contribution in [3.8, 4) is 0 Å². The maximum atomic E-state index is 12.4. The van der Waals surface area contributed by atoms with Gasteiger partial charge in [-0.3, -0.25) is 4.79 Å². The van der Waals surface area contributed by atoms with Gasteiger partial charge in [0.15, 0.2) is 5.76 Å². The number of nitrogens with one attached hydrogen (secondary N) is 2. The molecule has 1 aliphatic rings. The molecule has 120 valence electrons. The van der Waals surface area contributed by atoms with E-state index >= 15 is 0 Å². The van der Waals surface area contributed by atoms with Gasteiger partial charge in [0.05, 0.1) is 17.0 Å². The summed E-state index contributed by atoms with van der Waals surface area (Å²) in [5.74, 6) is -1.24. The van der Waals surface area contributed by atoms with Crippen molar-refractivity contribution in [1.82, 2.24) is 9.97 Å². The molecule has 0 spiro atoms. The third-order valence-electron chi connectivity index (χ3n) is 4.41. The predicted molar refractivity (Wildman–Crippen MR) is 94.5 cm³/mol. The summed E-state index contributed by atoms with van der Waals surface area (Å²) >= 11 is 0. The van der Waals surface area contributed by atoms with Crippen LogP contribution in [0.1, 0.15) is 11.4 Å². The minimum atomic E-state index is -0.859. The van der Waals surface area contributed by atoms with Crippen molar-refractivity contribution in [2.75, 3.05) is 0 Å². The molecule has 0 aliphatic carbocycles. The lowest BCUT2D eigenvalue weighted by molar-refractivity contribution is -0.144. The molecule has 2 aromatic carbocycles. The first-order valence-corrected chi connectivity index (χ1v) is 7.88. The number of para-hydroxylation sites is 2. The summed E-state index contributed by atoms with van der Waals surface area (Å²) in [6, 6.07) is 19.2. The van der Waals surface area contributed by atoms with Crippen molar-refractivity contribution in [2.24, 2.45) is 0 Å². The summed E-state index contributed by atoms with van der Waals surface area (Å²) in [6.07, 6.45) is 0. The summed E-state index contributed by atoms with van der Waals surface area (Å²) in [4.78, 5) is 30.8. The second-order valence-electron chi connectivity index (χ2n) is 5.96. The van der Waals surface area contributed by atoms with Crippen LogP contribution in [0.2, 0.25) is 0 Å². The van der Waals surface area contributed by atoms with Crippen molar-refractivity contribution < 1.29 is 14.3 Å². The summed E-state index contributed by atoms with van der Waals surface area (Å²) in [7, 11) is 0. The number of aromatic nitrogens is 2. The normalized spacial score (nSPS) is 14.7. The standard InChI is InChI=1S/C20H12N2O3/c23-18-17(15-9-11-5-1-3-7-13(11)21-15)19(25-20(18)24)16-10-12-6-2-4-8-14(12)22-16/h1-10,21-22H. The number of ketones is 1. The number of carbonyl (C=O) groups is 2. The van der Waals surface area contributed by atoms with E-state index in [9.17, 15) is 9.59 Å². The number of carbonyl (C=O) groups excluding carboxylic acids is 2. The summed E-state index contributed by atoms with van der Waals surface area (Å²) in [6.45, 7) is 0. The lowest BCUT2D eigenvalue weighted by Crippen LogP contribution is -2.09. The fraction of sp³-hybridized carbons (Fsp3) is 0. The maximum absolute atomic E-state index is 12.4. The highest BCUT2D eigenvalue weighted by atomic mass is 16.5. The van der Waals surface area contributed by atoms with E-state index in [-0.39, 0.29) is 11.3 Å². The van der Waals surface area contributed by atoms with E-state index < -0.39 is 11.8 Å². The largest absolute Gasteiger partial charge is 0.417 e. The number of cyclic esters (lactones) is 1. The minimum absolute atomic E-state index is 0.257. The SMILES string of the molecule is O=C1OC(c2cc3ccccc3[nH]2)=C(c2cc3ccccc3[nH]2)C1=O. The lowest BCUT2D eigenvalue weighted by Gasteiger charge is -2.00. The predicted octanol–water partition coefficient (Wildman–Crippen LogP) is 3.64. The molecule has 2 N–H and O–H groups in total. The van der Waals surface area contributed by atoms with Crippen molar-refractivity contribution in [3.05, 3.63) is 72.1 Å². The molecule has 4 aromatic rings. The van der Waals surface area contributed by atoms with Gasteiger partial charge >= 0.3 is 5.97 Å². The molecule has 0 fully saturated rings. The molecule has 25 heavy (non-hydrogen) atoms. The number of esters is 1. The van der Waals surface area contributed by atoms with Crippen molar-refractivity contribution in [1.29, 1.82) is 0 Å². The van der Waals surface area contributed by atoms with Gasteiger partial charge in [-0.2, -0.15) is 0 Å². The van der Waals surface area contributed by atoms with Gasteiger partial charge in [0.25, 0.3) is 5.78 Å². The number of ether oxygens (including phenoxy) is 1.